The fraction of sp³-hybridized carbons (Fsp3) is 0.194. The third kappa shape index (κ3) is 6.89. The second-order valence-electron chi connectivity index (χ2n) is 9.01. The van der Waals surface area contributed by atoms with E-state index >= 15 is 0 Å². The van der Waals surface area contributed by atoms with Crippen LogP contribution in [0.15, 0.2) is 97.2 Å². The summed E-state index contributed by atoms with van der Waals surface area (Å²) in [6.45, 7) is 5.06. The van der Waals surface area contributed by atoms with Crippen LogP contribution in [0.4, 0.5) is 5.69 Å². The average Bonchev–Trinajstić information content (AvgIpc) is 2.89. The molecule has 0 bridgehead atoms. The number of carbonyl (C=O) groups is 2. The Labute approximate surface area is 212 Å². The number of nitrogens with zero attached hydrogens (tertiary/aromatic N) is 2. The van der Waals surface area contributed by atoms with Crippen molar-refractivity contribution >= 4 is 17.5 Å². The maximum atomic E-state index is 13.5. The minimum atomic E-state index is -0.0588. The summed E-state index contributed by atoms with van der Waals surface area (Å²) in [4.78, 5) is 32.0. The Morgan fingerprint density at radius 2 is 1.58 bits per heavy atom. The molecule has 0 radical (unpaired) electrons. The van der Waals surface area contributed by atoms with E-state index < -0.39 is 0 Å². The van der Waals surface area contributed by atoms with E-state index in [1.807, 2.05) is 98.8 Å². The van der Waals surface area contributed by atoms with Gasteiger partial charge in [-0.25, -0.2) is 0 Å². The molecule has 0 atom stereocenters. The van der Waals surface area contributed by atoms with Gasteiger partial charge < -0.3 is 10.2 Å². The van der Waals surface area contributed by atoms with Gasteiger partial charge in [-0.3, -0.25) is 14.6 Å². The van der Waals surface area contributed by atoms with Gasteiger partial charge in [0.05, 0.1) is 13.0 Å². The van der Waals surface area contributed by atoms with E-state index in [1.54, 1.807) is 11.1 Å². The lowest BCUT2D eigenvalue weighted by Gasteiger charge is -2.24. The Hall–Kier alpha value is -4.25. The molecule has 0 saturated heterocycles. The quantitative estimate of drug-likeness (QED) is 0.349. The zero-order valence-corrected chi connectivity index (χ0v) is 20.8. The van der Waals surface area contributed by atoms with Crippen molar-refractivity contribution in [1.82, 2.24) is 10.3 Å². The molecule has 4 aromatic rings. The van der Waals surface area contributed by atoms with Gasteiger partial charge in [0, 0.05) is 36.1 Å². The Morgan fingerprint density at radius 3 is 2.28 bits per heavy atom. The van der Waals surface area contributed by atoms with Crippen molar-refractivity contribution in [2.45, 2.75) is 33.2 Å². The van der Waals surface area contributed by atoms with Crippen molar-refractivity contribution in [3.05, 3.63) is 131 Å². The van der Waals surface area contributed by atoms with Crippen molar-refractivity contribution in [1.29, 1.82) is 0 Å². The summed E-state index contributed by atoms with van der Waals surface area (Å²) in [5.74, 6) is -0.0949. The van der Waals surface area contributed by atoms with E-state index in [0.717, 1.165) is 33.6 Å². The molecule has 1 aromatic heterocycles. The van der Waals surface area contributed by atoms with E-state index in [1.165, 1.54) is 0 Å². The standard InChI is InChI=1S/C31H31N3O2/c1-23-9-13-27(14-10-23)31(36)34(22-26-7-5-6-24(2)20-26)29-15-11-25(12-16-29)21-30(35)33-19-17-28-8-3-4-18-32-28/h3-16,18,20H,17,19,21-22H2,1-2H3,(H,33,35). The van der Waals surface area contributed by atoms with Crippen LogP contribution < -0.4 is 10.2 Å². The molecule has 0 spiro atoms. The van der Waals surface area contributed by atoms with Gasteiger partial charge in [-0.15, -0.1) is 0 Å². The van der Waals surface area contributed by atoms with Gasteiger partial charge in [0.15, 0.2) is 0 Å². The van der Waals surface area contributed by atoms with Crippen molar-refractivity contribution < 1.29 is 9.59 Å². The Kier molecular flexibility index (Phi) is 8.24. The van der Waals surface area contributed by atoms with Crippen LogP contribution in [0.1, 0.15) is 38.3 Å². The van der Waals surface area contributed by atoms with Gasteiger partial charge >= 0.3 is 0 Å². The van der Waals surface area contributed by atoms with Crippen molar-refractivity contribution in [2.24, 2.45) is 0 Å². The molecule has 0 aliphatic carbocycles. The van der Waals surface area contributed by atoms with Gasteiger partial charge in [-0.2, -0.15) is 0 Å². The van der Waals surface area contributed by atoms with E-state index in [-0.39, 0.29) is 18.2 Å². The number of aromatic nitrogens is 1. The molecular weight excluding hydrogens is 446 g/mol. The highest BCUT2D eigenvalue weighted by molar-refractivity contribution is 6.06. The molecular formula is C31H31N3O2. The van der Waals surface area contributed by atoms with Gasteiger partial charge in [-0.05, 0) is 61.4 Å². The first-order valence-electron chi connectivity index (χ1n) is 12.2. The van der Waals surface area contributed by atoms with Gasteiger partial charge in [0.1, 0.15) is 0 Å². The predicted molar refractivity (Wildman–Crippen MR) is 144 cm³/mol. The zero-order chi connectivity index (χ0) is 25.3. The van der Waals surface area contributed by atoms with Crippen LogP contribution in [0.25, 0.3) is 0 Å². The minimum absolute atomic E-state index is 0.0361. The van der Waals surface area contributed by atoms with Crippen LogP contribution in [0.2, 0.25) is 0 Å². The molecule has 1 heterocycles. The summed E-state index contributed by atoms with van der Waals surface area (Å²) in [7, 11) is 0. The van der Waals surface area contributed by atoms with Crippen LogP contribution in [-0.4, -0.2) is 23.3 Å². The molecule has 3 aromatic carbocycles. The zero-order valence-electron chi connectivity index (χ0n) is 20.8. The molecule has 5 nitrogen and oxygen atoms in total. The molecule has 36 heavy (non-hydrogen) atoms. The lowest BCUT2D eigenvalue weighted by molar-refractivity contribution is -0.120. The van der Waals surface area contributed by atoms with Crippen LogP contribution in [0.3, 0.4) is 0 Å². The SMILES string of the molecule is Cc1ccc(C(=O)N(Cc2cccc(C)c2)c2ccc(CC(=O)NCCc3ccccn3)cc2)cc1. The normalized spacial score (nSPS) is 10.6. The molecule has 2 amide bonds. The number of hydrogen-bond acceptors (Lipinski definition) is 3. The number of benzene rings is 3. The molecule has 0 fully saturated rings. The summed E-state index contributed by atoms with van der Waals surface area (Å²) in [6.07, 6.45) is 2.73. The van der Waals surface area contributed by atoms with Crippen molar-refractivity contribution in [2.75, 3.05) is 11.4 Å². The molecule has 0 aliphatic rings. The Balaban J connectivity index is 1.45. The summed E-state index contributed by atoms with van der Waals surface area (Å²) in [5, 5.41) is 2.96. The van der Waals surface area contributed by atoms with Crippen LogP contribution >= 0.6 is 0 Å². The monoisotopic (exact) mass is 477 g/mol. The number of pyridine rings is 1. The third-order valence-electron chi connectivity index (χ3n) is 6.01. The fourth-order valence-electron chi connectivity index (χ4n) is 4.04. The van der Waals surface area contributed by atoms with E-state index in [2.05, 4.69) is 16.4 Å². The molecule has 5 heteroatoms. The van der Waals surface area contributed by atoms with E-state index in [0.29, 0.717) is 25.1 Å². The van der Waals surface area contributed by atoms with Gasteiger partial charge in [0.25, 0.3) is 5.91 Å². The topological polar surface area (TPSA) is 62.3 Å². The van der Waals surface area contributed by atoms with Crippen LogP contribution in [0.5, 0.6) is 0 Å². The Bertz CT molecular complexity index is 1300. The van der Waals surface area contributed by atoms with Crippen LogP contribution in [0, 0.1) is 13.8 Å². The summed E-state index contributed by atoms with van der Waals surface area (Å²) >= 11 is 0. The first-order valence-corrected chi connectivity index (χ1v) is 12.2. The van der Waals surface area contributed by atoms with Crippen molar-refractivity contribution in [3.63, 3.8) is 0 Å². The average molecular weight is 478 g/mol. The molecule has 0 unspecified atom stereocenters. The molecule has 1 N–H and O–H groups in total. The van der Waals surface area contributed by atoms with Gasteiger partial charge in [0.2, 0.25) is 5.91 Å². The smallest absolute Gasteiger partial charge is 0.258 e. The first kappa shape index (κ1) is 24.9. The number of hydrogen-bond donors (Lipinski definition) is 1. The highest BCUT2D eigenvalue weighted by Gasteiger charge is 2.18. The Morgan fingerprint density at radius 1 is 0.806 bits per heavy atom. The van der Waals surface area contributed by atoms with Gasteiger partial charge in [-0.1, -0.05) is 65.7 Å². The van der Waals surface area contributed by atoms with E-state index in [9.17, 15) is 9.59 Å². The largest absolute Gasteiger partial charge is 0.355 e. The van der Waals surface area contributed by atoms with Crippen LogP contribution in [-0.2, 0) is 24.2 Å². The lowest BCUT2D eigenvalue weighted by Crippen LogP contribution is -2.30. The summed E-state index contributed by atoms with van der Waals surface area (Å²) < 4.78 is 0. The summed E-state index contributed by atoms with van der Waals surface area (Å²) in [6, 6.07) is 29.3. The predicted octanol–water partition coefficient (Wildman–Crippen LogP) is 5.45. The number of aryl methyl sites for hydroxylation is 2. The number of nitrogens with one attached hydrogen (secondary N) is 1. The van der Waals surface area contributed by atoms with Crippen molar-refractivity contribution in [3.8, 4) is 0 Å². The highest BCUT2D eigenvalue weighted by atomic mass is 16.2. The number of rotatable bonds is 9. The first-order chi connectivity index (χ1) is 17.5. The molecule has 0 aliphatic heterocycles. The third-order valence-corrected chi connectivity index (χ3v) is 6.01. The maximum absolute atomic E-state index is 13.5. The fourth-order valence-corrected chi connectivity index (χ4v) is 4.04. The second kappa shape index (κ2) is 11.9. The highest BCUT2D eigenvalue weighted by Crippen LogP contribution is 2.22. The lowest BCUT2D eigenvalue weighted by atomic mass is 10.1. The minimum Gasteiger partial charge on any atom is -0.355 e. The maximum Gasteiger partial charge on any atom is 0.258 e. The molecule has 4 rings (SSSR count). The molecule has 0 saturated carbocycles. The summed E-state index contributed by atoms with van der Waals surface area (Å²) in [5.41, 5.74) is 6.61. The second-order valence-corrected chi connectivity index (χ2v) is 9.01. The number of anilines is 1. The van der Waals surface area contributed by atoms with E-state index in [4.69, 9.17) is 0 Å². The number of amides is 2. The molecule has 182 valence electrons. The number of carbonyl (C=O) groups excluding carboxylic acids is 2.